The molecule has 1 aliphatic carbocycles. The molecule has 1 aromatic rings. The number of anilines is 1. The molecular weight excluding hydrogens is 354 g/mol. The van der Waals surface area contributed by atoms with Gasteiger partial charge in [0.1, 0.15) is 0 Å². The van der Waals surface area contributed by atoms with Gasteiger partial charge < -0.3 is 20.5 Å². The normalized spacial score (nSPS) is 19.2. The predicted octanol–water partition coefficient (Wildman–Crippen LogP) is 1.85. The van der Waals surface area contributed by atoms with E-state index in [0.29, 0.717) is 11.6 Å². The van der Waals surface area contributed by atoms with Gasteiger partial charge in [0.05, 0.1) is 17.1 Å². The minimum Gasteiger partial charge on any atom is -0.452 e. The second-order valence-corrected chi connectivity index (χ2v) is 6.65. The van der Waals surface area contributed by atoms with E-state index in [-0.39, 0.29) is 30.4 Å². The van der Waals surface area contributed by atoms with Crippen LogP contribution in [0.15, 0.2) is 18.2 Å². The minimum absolute atomic E-state index is 0.0588. The van der Waals surface area contributed by atoms with E-state index in [1.54, 1.807) is 0 Å². The molecule has 148 valence electrons. The zero-order chi connectivity index (χ0) is 19.8. The van der Waals surface area contributed by atoms with E-state index in [0.717, 1.165) is 31.7 Å². The highest BCUT2D eigenvalue weighted by atomic mass is 16.6. The molecule has 0 aromatic heterocycles. The van der Waals surface area contributed by atoms with Crippen LogP contribution in [-0.4, -0.2) is 47.7 Å². The lowest BCUT2D eigenvalue weighted by molar-refractivity contribution is -0.384. The van der Waals surface area contributed by atoms with Gasteiger partial charge in [-0.25, -0.2) is 4.79 Å². The Morgan fingerprint density at radius 3 is 2.74 bits per heavy atom. The van der Waals surface area contributed by atoms with Gasteiger partial charge in [0, 0.05) is 30.4 Å². The van der Waals surface area contributed by atoms with Crippen molar-refractivity contribution in [1.82, 2.24) is 5.32 Å². The summed E-state index contributed by atoms with van der Waals surface area (Å²) in [4.78, 5) is 34.7. The van der Waals surface area contributed by atoms with Crippen LogP contribution in [0.4, 0.5) is 11.4 Å². The van der Waals surface area contributed by atoms with Crippen LogP contribution in [0.1, 0.15) is 43.0 Å². The zero-order valence-corrected chi connectivity index (χ0v) is 15.3. The lowest BCUT2D eigenvalue weighted by Crippen LogP contribution is -2.42. The summed E-state index contributed by atoms with van der Waals surface area (Å²) in [6, 6.07) is 3.77. The van der Waals surface area contributed by atoms with Crippen LogP contribution in [0.5, 0.6) is 0 Å². The molecule has 1 aromatic carbocycles. The number of nitrogens with one attached hydrogen (secondary N) is 2. The molecule has 9 nitrogen and oxygen atoms in total. The molecule has 9 heteroatoms. The summed E-state index contributed by atoms with van der Waals surface area (Å²) >= 11 is 0. The third-order valence-corrected chi connectivity index (χ3v) is 4.65. The summed E-state index contributed by atoms with van der Waals surface area (Å²) in [5, 5.41) is 25.5. The van der Waals surface area contributed by atoms with Crippen molar-refractivity contribution in [3.05, 3.63) is 33.9 Å². The average Bonchev–Trinajstić information content (AvgIpc) is 2.66. The summed E-state index contributed by atoms with van der Waals surface area (Å²) in [5.74, 6) is -0.854. The first kappa shape index (κ1) is 20.6. The molecular formula is C18H25N3O6. The third-order valence-electron chi connectivity index (χ3n) is 4.65. The number of hydrogen-bond acceptors (Lipinski definition) is 7. The van der Waals surface area contributed by atoms with Gasteiger partial charge in [-0.05, 0) is 24.8 Å². The molecule has 2 atom stereocenters. The maximum Gasteiger partial charge on any atom is 0.341 e. The summed E-state index contributed by atoms with van der Waals surface area (Å²) in [7, 11) is 0. The monoisotopic (exact) mass is 379 g/mol. The van der Waals surface area contributed by atoms with Crippen LogP contribution in [0.25, 0.3) is 0 Å². The highest BCUT2D eigenvalue weighted by Crippen LogP contribution is 2.24. The van der Waals surface area contributed by atoms with Crippen molar-refractivity contribution >= 4 is 23.3 Å². The Morgan fingerprint density at radius 1 is 1.33 bits per heavy atom. The van der Waals surface area contributed by atoms with Crippen LogP contribution in [0.3, 0.4) is 0 Å². The summed E-state index contributed by atoms with van der Waals surface area (Å²) in [6.07, 6.45) is 4.17. The Labute approximate surface area is 157 Å². The van der Waals surface area contributed by atoms with Crippen LogP contribution in [-0.2, 0) is 9.53 Å². The number of benzene rings is 1. The van der Waals surface area contributed by atoms with Crippen molar-refractivity contribution in [2.45, 2.75) is 38.6 Å². The second-order valence-electron chi connectivity index (χ2n) is 6.65. The Bertz CT molecular complexity index is 694. The number of hydrogen-bond donors (Lipinski definition) is 3. The lowest BCUT2D eigenvalue weighted by Gasteiger charge is -2.29. The molecule has 0 aliphatic heterocycles. The highest BCUT2D eigenvalue weighted by molar-refractivity contribution is 5.97. The van der Waals surface area contributed by atoms with Crippen molar-refractivity contribution in [3.8, 4) is 0 Å². The number of aliphatic hydroxyl groups excluding tert-OH is 1. The number of amides is 1. The van der Waals surface area contributed by atoms with E-state index < -0.39 is 23.4 Å². The van der Waals surface area contributed by atoms with E-state index in [1.807, 2.05) is 0 Å². The fourth-order valence-electron chi connectivity index (χ4n) is 3.15. The number of nitro benzene ring substituents is 1. The van der Waals surface area contributed by atoms with Crippen LogP contribution in [0.2, 0.25) is 0 Å². The minimum atomic E-state index is -0.842. The summed E-state index contributed by atoms with van der Waals surface area (Å²) in [6.45, 7) is 1.62. The molecule has 0 unspecified atom stereocenters. The van der Waals surface area contributed by atoms with E-state index in [1.165, 1.54) is 12.1 Å². The molecule has 27 heavy (non-hydrogen) atoms. The molecule has 0 spiro atoms. The number of esters is 1. The van der Waals surface area contributed by atoms with Crippen molar-refractivity contribution in [2.24, 2.45) is 5.92 Å². The van der Waals surface area contributed by atoms with Gasteiger partial charge >= 0.3 is 5.97 Å². The van der Waals surface area contributed by atoms with Crippen molar-refractivity contribution in [3.63, 3.8) is 0 Å². The van der Waals surface area contributed by atoms with Gasteiger partial charge in [0.15, 0.2) is 6.61 Å². The molecule has 0 radical (unpaired) electrons. The SMILES string of the molecule is C[C@H]1CCCC[C@H]1NC(=O)COC(=O)c1cc([N+](=O)[O-])ccc1NCCO. The number of nitrogens with zero attached hydrogens (tertiary/aromatic N) is 1. The van der Waals surface area contributed by atoms with E-state index in [2.05, 4.69) is 17.6 Å². The second kappa shape index (κ2) is 9.86. The van der Waals surface area contributed by atoms with Gasteiger partial charge in [-0.15, -0.1) is 0 Å². The lowest BCUT2D eigenvalue weighted by atomic mass is 9.86. The van der Waals surface area contributed by atoms with Gasteiger partial charge in [-0.1, -0.05) is 19.8 Å². The van der Waals surface area contributed by atoms with Crippen molar-refractivity contribution < 1.29 is 24.4 Å². The number of carbonyl (C=O) groups excluding carboxylic acids is 2. The number of ether oxygens (including phenoxy) is 1. The van der Waals surface area contributed by atoms with Gasteiger partial charge in [-0.3, -0.25) is 14.9 Å². The first-order valence-electron chi connectivity index (χ1n) is 9.02. The fraction of sp³-hybridized carbons (Fsp3) is 0.556. The van der Waals surface area contributed by atoms with Gasteiger partial charge in [0.2, 0.25) is 0 Å². The topological polar surface area (TPSA) is 131 Å². The fourth-order valence-corrected chi connectivity index (χ4v) is 3.15. The van der Waals surface area contributed by atoms with Crippen LogP contribution in [0, 0.1) is 16.0 Å². The Hall–Kier alpha value is -2.68. The quantitative estimate of drug-likeness (QED) is 0.357. The van der Waals surface area contributed by atoms with Crippen LogP contribution < -0.4 is 10.6 Å². The Kier molecular flexibility index (Phi) is 7.54. The van der Waals surface area contributed by atoms with Gasteiger partial charge in [-0.2, -0.15) is 0 Å². The predicted molar refractivity (Wildman–Crippen MR) is 98.5 cm³/mol. The molecule has 0 heterocycles. The molecule has 1 fully saturated rings. The number of non-ortho nitro benzene ring substituents is 1. The molecule has 1 aliphatic rings. The molecule has 1 saturated carbocycles. The summed E-state index contributed by atoms with van der Waals surface area (Å²) in [5.41, 5.74) is -0.0329. The van der Waals surface area contributed by atoms with Gasteiger partial charge in [0.25, 0.3) is 11.6 Å². The number of aliphatic hydroxyl groups is 1. The van der Waals surface area contributed by atoms with Crippen LogP contribution >= 0.6 is 0 Å². The van der Waals surface area contributed by atoms with E-state index in [4.69, 9.17) is 9.84 Å². The first-order chi connectivity index (χ1) is 12.9. The van der Waals surface area contributed by atoms with Crippen molar-refractivity contribution in [1.29, 1.82) is 0 Å². The highest BCUT2D eigenvalue weighted by Gasteiger charge is 2.24. The molecule has 1 amide bonds. The third kappa shape index (κ3) is 5.92. The molecule has 3 N–H and O–H groups in total. The molecule has 0 saturated heterocycles. The van der Waals surface area contributed by atoms with E-state index >= 15 is 0 Å². The largest absolute Gasteiger partial charge is 0.452 e. The maximum absolute atomic E-state index is 12.3. The zero-order valence-electron chi connectivity index (χ0n) is 15.3. The first-order valence-corrected chi connectivity index (χ1v) is 9.02. The number of nitro groups is 1. The summed E-state index contributed by atoms with van der Waals surface area (Å²) < 4.78 is 5.05. The standard InChI is InChI=1S/C18H25N3O6/c1-12-4-2-3-5-15(12)20-17(23)11-27-18(24)14-10-13(21(25)26)6-7-16(14)19-8-9-22/h6-7,10,12,15,19,22H,2-5,8-9,11H2,1H3,(H,20,23)/t12-,15+/m0/s1. The molecule has 2 rings (SSSR count). The Balaban J connectivity index is 1.99. The van der Waals surface area contributed by atoms with E-state index in [9.17, 15) is 19.7 Å². The number of rotatable bonds is 8. The Morgan fingerprint density at radius 2 is 2.07 bits per heavy atom. The maximum atomic E-state index is 12.3. The van der Waals surface area contributed by atoms with Crippen molar-refractivity contribution in [2.75, 3.05) is 25.1 Å². The molecule has 0 bridgehead atoms. The smallest absolute Gasteiger partial charge is 0.341 e. The average molecular weight is 379 g/mol. The number of carbonyl (C=O) groups is 2.